The third-order valence-corrected chi connectivity index (χ3v) is 3.91. The predicted octanol–water partition coefficient (Wildman–Crippen LogP) is 5.14. The number of rotatable bonds is 5. The van der Waals surface area contributed by atoms with E-state index in [9.17, 15) is 0 Å². The maximum Gasteiger partial charge on any atom is 0.229 e. The highest BCUT2D eigenvalue weighted by molar-refractivity contribution is 5.63. The Morgan fingerprint density at radius 3 is 2.29 bits per heavy atom. The number of aryl methyl sites for hydroxylation is 3. The van der Waals surface area contributed by atoms with Crippen LogP contribution in [0.4, 0.5) is 23.1 Å². The van der Waals surface area contributed by atoms with Gasteiger partial charge in [-0.15, -0.1) is 0 Å². The summed E-state index contributed by atoms with van der Waals surface area (Å²) in [4.78, 5) is 9.11. The van der Waals surface area contributed by atoms with Gasteiger partial charge in [-0.1, -0.05) is 43.3 Å². The Balaban J connectivity index is 1.88. The molecule has 2 N–H and O–H groups in total. The average molecular weight is 318 g/mol. The molecule has 4 nitrogen and oxygen atoms in total. The molecule has 0 aliphatic rings. The van der Waals surface area contributed by atoms with Gasteiger partial charge in [0.05, 0.1) is 0 Å². The molecule has 0 saturated heterocycles. The average Bonchev–Trinajstić information content (AvgIpc) is 2.57. The van der Waals surface area contributed by atoms with Crippen molar-refractivity contribution < 1.29 is 0 Å². The molecule has 1 aromatic heterocycles. The summed E-state index contributed by atoms with van der Waals surface area (Å²) >= 11 is 0. The van der Waals surface area contributed by atoms with E-state index in [1.807, 2.05) is 43.3 Å². The molecule has 1 heterocycles. The van der Waals surface area contributed by atoms with Crippen molar-refractivity contribution in [1.82, 2.24) is 9.97 Å². The summed E-state index contributed by atoms with van der Waals surface area (Å²) < 4.78 is 0. The van der Waals surface area contributed by atoms with E-state index in [0.29, 0.717) is 5.95 Å². The lowest BCUT2D eigenvalue weighted by Gasteiger charge is -2.13. The molecule has 0 amide bonds. The van der Waals surface area contributed by atoms with Gasteiger partial charge in [0.2, 0.25) is 5.95 Å². The molecular weight excluding hydrogens is 296 g/mol. The van der Waals surface area contributed by atoms with Crippen molar-refractivity contribution in [3.05, 3.63) is 71.4 Å². The minimum atomic E-state index is 0.604. The minimum Gasteiger partial charge on any atom is -0.340 e. The normalized spacial score (nSPS) is 10.5. The van der Waals surface area contributed by atoms with E-state index in [0.717, 1.165) is 29.3 Å². The number of benzene rings is 2. The summed E-state index contributed by atoms with van der Waals surface area (Å²) in [6.07, 6.45) is 0.962. The highest BCUT2D eigenvalue weighted by Gasteiger charge is 2.06. The first kappa shape index (κ1) is 16.0. The number of para-hydroxylation sites is 2. The Labute approximate surface area is 143 Å². The highest BCUT2D eigenvalue weighted by Crippen LogP contribution is 2.23. The van der Waals surface area contributed by atoms with Crippen molar-refractivity contribution in [3.8, 4) is 0 Å². The topological polar surface area (TPSA) is 49.8 Å². The lowest BCUT2D eigenvalue weighted by atomic mass is 10.1. The predicted molar refractivity (Wildman–Crippen MR) is 100 cm³/mol. The lowest BCUT2D eigenvalue weighted by Crippen LogP contribution is -2.04. The van der Waals surface area contributed by atoms with Crippen LogP contribution in [0.5, 0.6) is 0 Å². The molecule has 0 aliphatic heterocycles. The molecule has 0 spiro atoms. The second-order valence-electron chi connectivity index (χ2n) is 5.79. The van der Waals surface area contributed by atoms with E-state index >= 15 is 0 Å². The Morgan fingerprint density at radius 2 is 1.54 bits per heavy atom. The molecule has 0 fully saturated rings. The molecule has 24 heavy (non-hydrogen) atoms. The van der Waals surface area contributed by atoms with E-state index in [1.54, 1.807) is 0 Å². The Kier molecular flexibility index (Phi) is 4.75. The van der Waals surface area contributed by atoms with Crippen molar-refractivity contribution in [2.24, 2.45) is 0 Å². The minimum absolute atomic E-state index is 0.604. The zero-order valence-electron chi connectivity index (χ0n) is 14.3. The van der Waals surface area contributed by atoms with Crippen LogP contribution in [0.25, 0.3) is 0 Å². The summed E-state index contributed by atoms with van der Waals surface area (Å²) in [6, 6.07) is 18.3. The quantitative estimate of drug-likeness (QED) is 0.683. The monoisotopic (exact) mass is 318 g/mol. The van der Waals surface area contributed by atoms with Gasteiger partial charge in [-0.3, -0.25) is 0 Å². The first-order valence-corrected chi connectivity index (χ1v) is 8.19. The van der Waals surface area contributed by atoms with Crippen LogP contribution in [0.3, 0.4) is 0 Å². The number of hydrogen-bond acceptors (Lipinski definition) is 4. The van der Waals surface area contributed by atoms with Crippen LogP contribution < -0.4 is 10.6 Å². The second-order valence-corrected chi connectivity index (χ2v) is 5.79. The van der Waals surface area contributed by atoms with E-state index in [2.05, 4.69) is 52.6 Å². The number of nitrogens with zero attached hydrogens (tertiary/aromatic N) is 2. The van der Waals surface area contributed by atoms with Gasteiger partial charge in [0.1, 0.15) is 5.82 Å². The Morgan fingerprint density at radius 1 is 0.833 bits per heavy atom. The van der Waals surface area contributed by atoms with Crippen LogP contribution in [0, 0.1) is 13.8 Å². The molecule has 0 bridgehead atoms. The van der Waals surface area contributed by atoms with Gasteiger partial charge >= 0.3 is 0 Å². The number of aromatic nitrogens is 2. The van der Waals surface area contributed by atoms with Crippen molar-refractivity contribution in [3.63, 3.8) is 0 Å². The summed E-state index contributed by atoms with van der Waals surface area (Å²) in [5, 5.41) is 6.72. The second kappa shape index (κ2) is 7.13. The highest BCUT2D eigenvalue weighted by atomic mass is 15.1. The molecular formula is C20H22N4. The molecule has 0 aliphatic carbocycles. The lowest BCUT2D eigenvalue weighted by molar-refractivity contribution is 1.09. The zero-order chi connectivity index (χ0) is 16.9. The van der Waals surface area contributed by atoms with Crippen molar-refractivity contribution in [2.45, 2.75) is 27.2 Å². The Hall–Kier alpha value is -2.88. The molecule has 3 aromatic rings. The fraction of sp³-hybridized carbons (Fsp3) is 0.200. The summed E-state index contributed by atoms with van der Waals surface area (Å²) in [6.45, 7) is 6.19. The molecule has 2 aromatic carbocycles. The first-order valence-electron chi connectivity index (χ1n) is 8.19. The zero-order valence-corrected chi connectivity index (χ0v) is 14.3. The molecule has 0 atom stereocenters. The number of anilines is 4. The van der Waals surface area contributed by atoms with Crippen LogP contribution >= 0.6 is 0 Å². The third-order valence-electron chi connectivity index (χ3n) is 3.91. The summed E-state index contributed by atoms with van der Waals surface area (Å²) in [7, 11) is 0. The molecule has 4 heteroatoms. The van der Waals surface area contributed by atoms with Gasteiger partial charge in [-0.05, 0) is 43.5 Å². The van der Waals surface area contributed by atoms with Gasteiger partial charge < -0.3 is 10.6 Å². The molecule has 3 rings (SSSR count). The van der Waals surface area contributed by atoms with Gasteiger partial charge in [0.25, 0.3) is 0 Å². The van der Waals surface area contributed by atoms with Crippen LogP contribution in [0.2, 0.25) is 0 Å². The van der Waals surface area contributed by atoms with Crippen molar-refractivity contribution in [1.29, 1.82) is 0 Å². The SMILES string of the molecule is CCc1ccccc1Nc1nc(C)cc(Nc2ccccc2C)n1. The molecule has 0 radical (unpaired) electrons. The third kappa shape index (κ3) is 3.71. The van der Waals surface area contributed by atoms with Crippen LogP contribution in [-0.4, -0.2) is 9.97 Å². The summed E-state index contributed by atoms with van der Waals surface area (Å²) in [5.74, 6) is 1.39. The van der Waals surface area contributed by atoms with Gasteiger partial charge in [-0.2, -0.15) is 4.98 Å². The van der Waals surface area contributed by atoms with Crippen LogP contribution in [-0.2, 0) is 6.42 Å². The number of hydrogen-bond donors (Lipinski definition) is 2. The maximum absolute atomic E-state index is 4.61. The van der Waals surface area contributed by atoms with E-state index < -0.39 is 0 Å². The number of nitrogens with one attached hydrogen (secondary N) is 2. The molecule has 0 unspecified atom stereocenters. The van der Waals surface area contributed by atoms with Gasteiger partial charge in [-0.25, -0.2) is 4.98 Å². The molecule has 0 saturated carbocycles. The fourth-order valence-electron chi connectivity index (χ4n) is 2.61. The first-order chi connectivity index (χ1) is 11.7. The Bertz CT molecular complexity index is 843. The van der Waals surface area contributed by atoms with Gasteiger partial charge in [0, 0.05) is 23.1 Å². The smallest absolute Gasteiger partial charge is 0.229 e. The van der Waals surface area contributed by atoms with E-state index in [-0.39, 0.29) is 0 Å². The van der Waals surface area contributed by atoms with E-state index in [4.69, 9.17) is 0 Å². The molecule has 122 valence electrons. The van der Waals surface area contributed by atoms with Crippen molar-refractivity contribution in [2.75, 3.05) is 10.6 Å². The van der Waals surface area contributed by atoms with Gasteiger partial charge in [0.15, 0.2) is 0 Å². The standard InChI is InChI=1S/C20H22N4/c1-4-16-10-6-8-12-18(16)23-20-21-15(3)13-19(24-20)22-17-11-7-5-9-14(17)2/h5-13H,4H2,1-3H3,(H2,21,22,23,24). The van der Waals surface area contributed by atoms with Crippen LogP contribution in [0.1, 0.15) is 23.7 Å². The summed E-state index contributed by atoms with van der Waals surface area (Å²) in [5.41, 5.74) is 5.44. The fourth-order valence-corrected chi connectivity index (χ4v) is 2.61. The van der Waals surface area contributed by atoms with E-state index in [1.165, 1.54) is 11.1 Å². The van der Waals surface area contributed by atoms with Crippen molar-refractivity contribution >= 4 is 23.1 Å². The largest absolute Gasteiger partial charge is 0.340 e. The maximum atomic E-state index is 4.61. The van der Waals surface area contributed by atoms with Crippen LogP contribution in [0.15, 0.2) is 54.6 Å².